The Bertz CT molecular complexity index is 703. The average molecular weight is 279 g/mol. The number of nitrogens with zero attached hydrogens (tertiary/aromatic N) is 2. The number of halogens is 2. The number of aryl methyl sites for hydroxylation is 1. The van der Waals surface area contributed by atoms with Crippen LogP contribution >= 0.6 is 15.9 Å². The molecule has 0 fully saturated rings. The van der Waals surface area contributed by atoms with Gasteiger partial charge in [0.05, 0.1) is 11.7 Å². The van der Waals surface area contributed by atoms with Gasteiger partial charge in [0.15, 0.2) is 0 Å². The normalized spacial score (nSPS) is 11.4. The molecule has 1 aromatic carbocycles. The van der Waals surface area contributed by atoms with Gasteiger partial charge < -0.3 is 0 Å². The van der Waals surface area contributed by atoms with Gasteiger partial charge in [-0.1, -0.05) is 0 Å². The third-order valence-electron chi connectivity index (χ3n) is 2.72. The topological polar surface area (TPSA) is 17.3 Å². The highest BCUT2D eigenvalue weighted by molar-refractivity contribution is 9.10. The molecule has 0 radical (unpaired) electrons. The average Bonchev–Trinajstić information content (AvgIpc) is 2.61. The van der Waals surface area contributed by atoms with Crippen molar-refractivity contribution >= 4 is 32.5 Å². The van der Waals surface area contributed by atoms with Crippen molar-refractivity contribution in [3.63, 3.8) is 0 Å². The first-order chi connectivity index (χ1) is 7.66. The lowest BCUT2D eigenvalue weighted by Gasteiger charge is -2.06. The SMILES string of the molecule is Cc1cc2ncc(Br)n2c2ccc(F)cc12. The fourth-order valence-electron chi connectivity index (χ4n) is 1.98. The number of hydrogen-bond donors (Lipinski definition) is 0. The van der Waals surface area contributed by atoms with E-state index in [9.17, 15) is 4.39 Å². The van der Waals surface area contributed by atoms with E-state index in [4.69, 9.17) is 0 Å². The van der Waals surface area contributed by atoms with Crippen molar-refractivity contribution in [2.24, 2.45) is 0 Å². The number of benzene rings is 1. The maximum Gasteiger partial charge on any atom is 0.138 e. The van der Waals surface area contributed by atoms with Crippen LogP contribution < -0.4 is 0 Å². The summed E-state index contributed by atoms with van der Waals surface area (Å²) in [6.45, 7) is 1.96. The summed E-state index contributed by atoms with van der Waals surface area (Å²) < 4.78 is 16.0. The highest BCUT2D eigenvalue weighted by atomic mass is 79.9. The molecule has 0 spiro atoms. The van der Waals surface area contributed by atoms with Crippen LogP contribution in [0.1, 0.15) is 5.56 Å². The van der Waals surface area contributed by atoms with Crippen LogP contribution in [0, 0.1) is 12.7 Å². The van der Waals surface area contributed by atoms with E-state index in [1.165, 1.54) is 6.07 Å². The molecule has 0 aliphatic heterocycles. The zero-order chi connectivity index (χ0) is 11.3. The third-order valence-corrected chi connectivity index (χ3v) is 3.28. The highest BCUT2D eigenvalue weighted by Crippen LogP contribution is 2.25. The highest BCUT2D eigenvalue weighted by Gasteiger charge is 2.08. The predicted octanol–water partition coefficient (Wildman–Crippen LogP) is 3.70. The van der Waals surface area contributed by atoms with Gasteiger partial charge in [-0.05, 0) is 52.7 Å². The van der Waals surface area contributed by atoms with Crippen LogP contribution in [0.15, 0.2) is 35.1 Å². The second-order valence-electron chi connectivity index (χ2n) is 3.76. The van der Waals surface area contributed by atoms with Gasteiger partial charge in [0.1, 0.15) is 16.1 Å². The number of aromatic nitrogens is 2. The summed E-state index contributed by atoms with van der Waals surface area (Å²) in [7, 11) is 0. The van der Waals surface area contributed by atoms with Crippen molar-refractivity contribution in [2.75, 3.05) is 0 Å². The quantitative estimate of drug-likeness (QED) is 0.613. The number of pyridine rings is 1. The number of imidazole rings is 1. The Morgan fingerprint density at radius 3 is 2.94 bits per heavy atom. The van der Waals surface area contributed by atoms with Crippen LogP contribution in [0.5, 0.6) is 0 Å². The zero-order valence-electron chi connectivity index (χ0n) is 8.54. The molecule has 2 nitrogen and oxygen atoms in total. The van der Waals surface area contributed by atoms with Crippen molar-refractivity contribution < 1.29 is 4.39 Å². The first-order valence-electron chi connectivity index (χ1n) is 4.88. The summed E-state index contributed by atoms with van der Waals surface area (Å²) in [5, 5.41) is 0.909. The Kier molecular flexibility index (Phi) is 2.01. The maximum absolute atomic E-state index is 13.2. The first-order valence-corrected chi connectivity index (χ1v) is 5.68. The Balaban J connectivity index is 2.62. The molecule has 0 aliphatic rings. The molecule has 3 aromatic rings. The van der Waals surface area contributed by atoms with Gasteiger partial charge in [-0.15, -0.1) is 0 Å². The molecule has 3 rings (SSSR count). The third kappa shape index (κ3) is 1.26. The fraction of sp³-hybridized carbons (Fsp3) is 0.0833. The minimum atomic E-state index is -0.216. The van der Waals surface area contributed by atoms with Gasteiger partial charge in [-0.2, -0.15) is 0 Å². The van der Waals surface area contributed by atoms with Crippen molar-refractivity contribution in [1.29, 1.82) is 0 Å². The van der Waals surface area contributed by atoms with E-state index in [0.717, 1.165) is 26.7 Å². The molecule has 0 saturated heterocycles. The monoisotopic (exact) mass is 278 g/mol. The molecule has 0 atom stereocenters. The molecule has 0 unspecified atom stereocenters. The van der Waals surface area contributed by atoms with E-state index in [1.807, 2.05) is 17.4 Å². The van der Waals surface area contributed by atoms with Gasteiger partial charge in [0, 0.05) is 5.39 Å². The maximum atomic E-state index is 13.2. The molecule has 16 heavy (non-hydrogen) atoms. The molecule has 2 heterocycles. The van der Waals surface area contributed by atoms with E-state index < -0.39 is 0 Å². The Morgan fingerprint density at radius 1 is 1.31 bits per heavy atom. The van der Waals surface area contributed by atoms with Gasteiger partial charge in [-0.25, -0.2) is 9.37 Å². The smallest absolute Gasteiger partial charge is 0.138 e. The number of hydrogen-bond acceptors (Lipinski definition) is 1. The lowest BCUT2D eigenvalue weighted by atomic mass is 10.1. The molecule has 0 aliphatic carbocycles. The Morgan fingerprint density at radius 2 is 2.12 bits per heavy atom. The summed E-state index contributed by atoms with van der Waals surface area (Å²) in [6, 6.07) is 6.74. The van der Waals surface area contributed by atoms with E-state index >= 15 is 0 Å². The Hall–Kier alpha value is -1.42. The molecule has 80 valence electrons. The van der Waals surface area contributed by atoms with Crippen LogP contribution in [0.2, 0.25) is 0 Å². The minimum absolute atomic E-state index is 0.216. The molecule has 0 saturated carbocycles. The van der Waals surface area contributed by atoms with Crippen molar-refractivity contribution in [3.8, 4) is 0 Å². The second kappa shape index (κ2) is 3.28. The second-order valence-corrected chi connectivity index (χ2v) is 4.58. The van der Waals surface area contributed by atoms with Crippen LogP contribution in [0.3, 0.4) is 0 Å². The summed E-state index contributed by atoms with van der Waals surface area (Å²) in [5.41, 5.74) is 2.85. The molecule has 0 amide bonds. The minimum Gasteiger partial charge on any atom is -0.287 e. The van der Waals surface area contributed by atoms with Crippen molar-refractivity contribution in [1.82, 2.24) is 9.38 Å². The predicted molar refractivity (Wildman–Crippen MR) is 65.1 cm³/mol. The van der Waals surface area contributed by atoms with Crippen LogP contribution in [-0.4, -0.2) is 9.38 Å². The lowest BCUT2D eigenvalue weighted by molar-refractivity contribution is 0.629. The summed E-state index contributed by atoms with van der Waals surface area (Å²) in [6.07, 6.45) is 1.75. The first kappa shape index (κ1) is 9.78. The molecular weight excluding hydrogens is 271 g/mol. The standard InChI is InChI=1S/C12H8BrFN2/c1-7-4-12-15-6-11(13)16(12)10-3-2-8(14)5-9(7)10/h2-6H,1H3. The van der Waals surface area contributed by atoms with Crippen LogP contribution in [-0.2, 0) is 0 Å². The summed E-state index contributed by atoms with van der Waals surface area (Å²) >= 11 is 3.44. The van der Waals surface area contributed by atoms with E-state index in [2.05, 4.69) is 20.9 Å². The van der Waals surface area contributed by atoms with Crippen LogP contribution in [0.25, 0.3) is 16.6 Å². The molecule has 0 bridgehead atoms. The summed E-state index contributed by atoms with van der Waals surface area (Å²) in [4.78, 5) is 4.27. The van der Waals surface area contributed by atoms with Gasteiger partial charge >= 0.3 is 0 Å². The molecule has 2 aromatic heterocycles. The lowest BCUT2D eigenvalue weighted by Crippen LogP contribution is -1.92. The van der Waals surface area contributed by atoms with Crippen molar-refractivity contribution in [3.05, 3.63) is 46.4 Å². The van der Waals surface area contributed by atoms with Crippen LogP contribution in [0.4, 0.5) is 4.39 Å². The zero-order valence-corrected chi connectivity index (χ0v) is 10.1. The van der Waals surface area contributed by atoms with Gasteiger partial charge in [0.2, 0.25) is 0 Å². The van der Waals surface area contributed by atoms with E-state index in [1.54, 1.807) is 18.3 Å². The van der Waals surface area contributed by atoms with Crippen molar-refractivity contribution in [2.45, 2.75) is 6.92 Å². The number of fused-ring (bicyclic) bond motifs is 3. The van der Waals surface area contributed by atoms with E-state index in [0.29, 0.717) is 0 Å². The molecule has 4 heteroatoms. The van der Waals surface area contributed by atoms with E-state index in [-0.39, 0.29) is 5.82 Å². The molecule has 0 N–H and O–H groups in total. The Labute approximate surface area is 99.8 Å². The number of rotatable bonds is 0. The largest absolute Gasteiger partial charge is 0.287 e. The van der Waals surface area contributed by atoms with Gasteiger partial charge in [-0.3, -0.25) is 4.40 Å². The fourth-order valence-corrected chi connectivity index (χ4v) is 2.45. The van der Waals surface area contributed by atoms with Gasteiger partial charge in [0.25, 0.3) is 0 Å². The molecular formula is C12H8BrFN2. The summed E-state index contributed by atoms with van der Waals surface area (Å²) in [5.74, 6) is -0.216.